The number of benzene rings is 2. The topological polar surface area (TPSA) is 98.4 Å². The summed E-state index contributed by atoms with van der Waals surface area (Å²) in [5, 5.41) is 5.85. The fourth-order valence-corrected chi connectivity index (χ4v) is 4.31. The van der Waals surface area contributed by atoms with Crippen molar-refractivity contribution in [2.75, 3.05) is 40.6 Å². The summed E-state index contributed by atoms with van der Waals surface area (Å²) in [7, 11) is 3.18. The summed E-state index contributed by atoms with van der Waals surface area (Å²) in [4.78, 5) is 27.5. The van der Waals surface area contributed by atoms with Crippen molar-refractivity contribution in [1.82, 2.24) is 15.5 Å². The zero-order valence-electron chi connectivity index (χ0n) is 19.1. The number of fused-ring (bicyclic) bond motifs is 1. The number of likely N-dealkylation sites (tertiary alicyclic amines) is 1. The van der Waals surface area contributed by atoms with E-state index in [0.29, 0.717) is 49.2 Å². The molecule has 1 saturated heterocycles. The van der Waals surface area contributed by atoms with Crippen LogP contribution in [0.4, 0.5) is 4.79 Å². The highest BCUT2D eigenvalue weighted by molar-refractivity contribution is 5.83. The van der Waals surface area contributed by atoms with E-state index >= 15 is 0 Å². The molecule has 2 aliphatic heterocycles. The first kappa shape index (κ1) is 22.6. The van der Waals surface area contributed by atoms with Gasteiger partial charge in [0.05, 0.1) is 20.1 Å². The predicted molar refractivity (Wildman–Crippen MR) is 121 cm³/mol. The van der Waals surface area contributed by atoms with E-state index in [1.54, 1.807) is 25.2 Å². The lowest BCUT2D eigenvalue weighted by Crippen LogP contribution is -2.39. The molecule has 0 radical (unpaired) electrons. The molecule has 1 fully saturated rings. The van der Waals surface area contributed by atoms with Crippen molar-refractivity contribution in [3.05, 3.63) is 47.5 Å². The normalized spacial score (nSPS) is 18.7. The Morgan fingerprint density at radius 3 is 2.61 bits per heavy atom. The smallest absolute Gasteiger partial charge is 0.317 e. The van der Waals surface area contributed by atoms with Crippen molar-refractivity contribution in [2.24, 2.45) is 5.92 Å². The molecule has 2 unspecified atom stereocenters. The zero-order valence-corrected chi connectivity index (χ0v) is 19.1. The van der Waals surface area contributed by atoms with Crippen molar-refractivity contribution >= 4 is 11.9 Å². The van der Waals surface area contributed by atoms with Crippen molar-refractivity contribution in [1.29, 1.82) is 0 Å². The van der Waals surface area contributed by atoms with Gasteiger partial charge in [-0.2, -0.15) is 0 Å². The van der Waals surface area contributed by atoms with Crippen LogP contribution in [-0.2, 0) is 11.3 Å². The Balaban J connectivity index is 1.53. The van der Waals surface area contributed by atoms with Gasteiger partial charge in [-0.15, -0.1) is 0 Å². The van der Waals surface area contributed by atoms with Gasteiger partial charge in [-0.3, -0.25) is 4.79 Å². The first-order valence-corrected chi connectivity index (χ1v) is 10.9. The second-order valence-electron chi connectivity index (χ2n) is 7.97. The van der Waals surface area contributed by atoms with Gasteiger partial charge in [0.15, 0.2) is 11.5 Å². The molecule has 33 heavy (non-hydrogen) atoms. The maximum atomic E-state index is 13.3. The highest BCUT2D eigenvalue weighted by atomic mass is 16.7. The van der Waals surface area contributed by atoms with E-state index in [-0.39, 0.29) is 24.6 Å². The van der Waals surface area contributed by atoms with Gasteiger partial charge in [-0.05, 0) is 30.7 Å². The molecule has 3 amide bonds. The highest BCUT2D eigenvalue weighted by Gasteiger charge is 2.41. The Kier molecular flexibility index (Phi) is 6.76. The highest BCUT2D eigenvalue weighted by Crippen LogP contribution is 2.39. The molecule has 2 atom stereocenters. The molecule has 176 valence electrons. The molecule has 9 heteroatoms. The van der Waals surface area contributed by atoms with Gasteiger partial charge in [0.1, 0.15) is 11.5 Å². The van der Waals surface area contributed by atoms with Crippen LogP contribution in [0.5, 0.6) is 23.0 Å². The number of methoxy groups -OCH3 is 2. The van der Waals surface area contributed by atoms with E-state index in [1.165, 1.54) is 0 Å². The first-order valence-electron chi connectivity index (χ1n) is 10.9. The lowest BCUT2D eigenvalue weighted by molar-refractivity contribution is -0.125. The number of hydrogen-bond donors (Lipinski definition) is 2. The molecule has 2 aliphatic rings. The number of carbonyl (C=O) groups is 2. The minimum Gasteiger partial charge on any atom is -0.497 e. The van der Waals surface area contributed by atoms with E-state index in [4.69, 9.17) is 18.9 Å². The van der Waals surface area contributed by atoms with Crippen LogP contribution in [0.15, 0.2) is 36.4 Å². The monoisotopic (exact) mass is 455 g/mol. The van der Waals surface area contributed by atoms with Crippen LogP contribution in [0.3, 0.4) is 0 Å². The fraction of sp³-hybridized carbons (Fsp3) is 0.417. The van der Waals surface area contributed by atoms with Gasteiger partial charge in [0, 0.05) is 43.7 Å². The maximum absolute atomic E-state index is 13.3. The summed E-state index contributed by atoms with van der Waals surface area (Å²) in [6.45, 7) is 3.67. The van der Waals surface area contributed by atoms with E-state index in [2.05, 4.69) is 10.6 Å². The fourth-order valence-electron chi connectivity index (χ4n) is 4.31. The van der Waals surface area contributed by atoms with Crippen molar-refractivity contribution in [3.8, 4) is 23.0 Å². The number of hydrogen-bond acceptors (Lipinski definition) is 6. The number of amides is 3. The molecule has 0 bridgehead atoms. The number of nitrogens with zero attached hydrogens (tertiary/aromatic N) is 1. The standard InChI is InChI=1S/C24H29N3O6/c1-4-25-24(29)27-12-18(17-7-6-16(30-2)10-21(17)31-3)19(13-27)23(28)26-11-15-5-8-20-22(9-15)33-14-32-20/h5-10,18-19H,4,11-14H2,1-3H3,(H,25,29)(H,26,28). The quantitative estimate of drug-likeness (QED) is 0.666. The second kappa shape index (κ2) is 9.89. The van der Waals surface area contributed by atoms with E-state index in [9.17, 15) is 9.59 Å². The molecule has 0 spiro atoms. The second-order valence-corrected chi connectivity index (χ2v) is 7.97. The molecule has 0 saturated carbocycles. The third-order valence-electron chi connectivity index (χ3n) is 6.02. The molecule has 2 heterocycles. The molecular formula is C24H29N3O6. The van der Waals surface area contributed by atoms with Crippen LogP contribution >= 0.6 is 0 Å². The molecule has 0 aliphatic carbocycles. The summed E-state index contributed by atoms with van der Waals surface area (Å²) in [6.07, 6.45) is 0. The zero-order chi connectivity index (χ0) is 23.4. The van der Waals surface area contributed by atoms with Crippen LogP contribution in [0, 0.1) is 5.92 Å². The Morgan fingerprint density at radius 2 is 1.85 bits per heavy atom. The molecular weight excluding hydrogens is 426 g/mol. The maximum Gasteiger partial charge on any atom is 0.317 e. The largest absolute Gasteiger partial charge is 0.497 e. The summed E-state index contributed by atoms with van der Waals surface area (Å²) in [5.41, 5.74) is 1.78. The van der Waals surface area contributed by atoms with Crippen molar-refractivity contribution < 1.29 is 28.5 Å². The minimum absolute atomic E-state index is 0.123. The number of ether oxygens (including phenoxy) is 4. The minimum atomic E-state index is -0.427. The SMILES string of the molecule is CCNC(=O)N1CC(C(=O)NCc2ccc3c(c2)OCO3)C(c2ccc(OC)cc2OC)C1. The van der Waals surface area contributed by atoms with Crippen molar-refractivity contribution in [2.45, 2.75) is 19.4 Å². The van der Waals surface area contributed by atoms with Gasteiger partial charge < -0.3 is 34.5 Å². The Bertz CT molecular complexity index is 1030. The molecule has 2 aromatic rings. The van der Waals surface area contributed by atoms with E-state index in [1.807, 2.05) is 37.3 Å². The Labute approximate surface area is 192 Å². The lowest BCUT2D eigenvalue weighted by atomic mass is 9.87. The number of carbonyl (C=O) groups excluding carboxylic acids is 2. The van der Waals surface area contributed by atoms with E-state index in [0.717, 1.165) is 11.1 Å². The Hall–Kier alpha value is -3.62. The molecule has 2 N–H and O–H groups in total. The first-order chi connectivity index (χ1) is 16.0. The van der Waals surface area contributed by atoms with Gasteiger partial charge >= 0.3 is 6.03 Å². The van der Waals surface area contributed by atoms with Crippen molar-refractivity contribution in [3.63, 3.8) is 0 Å². The van der Waals surface area contributed by atoms with Crippen LogP contribution < -0.4 is 29.6 Å². The van der Waals surface area contributed by atoms with Gasteiger partial charge in [0.2, 0.25) is 12.7 Å². The molecule has 9 nitrogen and oxygen atoms in total. The third kappa shape index (κ3) is 4.76. The number of rotatable bonds is 7. The third-order valence-corrected chi connectivity index (χ3v) is 6.02. The summed E-state index contributed by atoms with van der Waals surface area (Å²) < 4.78 is 21.7. The number of urea groups is 1. The lowest BCUT2D eigenvalue weighted by Gasteiger charge is -2.21. The van der Waals surface area contributed by atoms with E-state index < -0.39 is 5.92 Å². The summed E-state index contributed by atoms with van der Waals surface area (Å²) in [5.74, 6) is 1.90. The summed E-state index contributed by atoms with van der Waals surface area (Å²) in [6, 6.07) is 11.0. The Morgan fingerprint density at radius 1 is 1.03 bits per heavy atom. The average Bonchev–Trinajstić information content (AvgIpc) is 3.49. The molecule has 0 aromatic heterocycles. The predicted octanol–water partition coefficient (Wildman–Crippen LogP) is 2.49. The van der Waals surface area contributed by atoms with Crippen LogP contribution in [-0.4, -0.2) is 57.5 Å². The van der Waals surface area contributed by atoms with Gasteiger partial charge in [0.25, 0.3) is 0 Å². The molecule has 4 rings (SSSR count). The molecule has 2 aromatic carbocycles. The van der Waals surface area contributed by atoms with Crippen LogP contribution in [0.1, 0.15) is 24.0 Å². The van der Waals surface area contributed by atoms with Crippen LogP contribution in [0.25, 0.3) is 0 Å². The summed E-state index contributed by atoms with van der Waals surface area (Å²) >= 11 is 0. The number of nitrogens with one attached hydrogen (secondary N) is 2. The van der Waals surface area contributed by atoms with Gasteiger partial charge in [-0.1, -0.05) is 12.1 Å². The van der Waals surface area contributed by atoms with Crippen LogP contribution in [0.2, 0.25) is 0 Å². The average molecular weight is 456 g/mol. The van der Waals surface area contributed by atoms with Gasteiger partial charge in [-0.25, -0.2) is 4.79 Å².